The average Bonchev–Trinajstić information content (AvgIpc) is 2.21. The smallest absolute Gasteiger partial charge is 0.171 e. The predicted molar refractivity (Wildman–Crippen MR) is 52.1 cm³/mol. The van der Waals surface area contributed by atoms with Crippen LogP contribution in [0.4, 0.5) is 0 Å². The summed E-state index contributed by atoms with van der Waals surface area (Å²) in [6.45, 7) is 2.29. The normalized spacial score (nSPS) is 30.2. The zero-order valence-corrected chi connectivity index (χ0v) is 7.80. The molecule has 0 aromatic rings. The Labute approximate surface area is 77.3 Å². The second kappa shape index (κ2) is 4.01. The number of nitrogens with zero attached hydrogens (tertiary/aromatic N) is 1. The van der Waals surface area contributed by atoms with Crippen LogP contribution in [-0.4, -0.2) is 35.7 Å². The quantitative estimate of drug-likeness (QED) is 0.610. The summed E-state index contributed by atoms with van der Waals surface area (Å²) < 4.78 is 5.47. The Morgan fingerprint density at radius 2 is 2.08 bits per heavy atom. The molecule has 0 aliphatic carbocycles. The number of ether oxygens (including phenoxy) is 1. The molecule has 1 fully saturated rings. The fourth-order valence-electron chi connectivity index (χ4n) is 1.42. The topological polar surface area (TPSA) is 12.5 Å². The molecule has 0 radical (unpaired) electrons. The Hall–Kier alpha value is -0.410. The van der Waals surface area contributed by atoms with Crippen molar-refractivity contribution in [1.29, 1.82) is 0 Å². The number of allylic oxidation sites excluding steroid dienone is 2. The third-order valence-electron chi connectivity index (χ3n) is 2.09. The van der Waals surface area contributed by atoms with Crippen molar-refractivity contribution < 1.29 is 4.74 Å². The first-order valence-electron chi connectivity index (χ1n) is 4.27. The van der Waals surface area contributed by atoms with Crippen LogP contribution in [0, 0.1) is 0 Å². The highest BCUT2D eigenvalue weighted by Crippen LogP contribution is 2.15. The molecule has 66 valence electrons. The van der Waals surface area contributed by atoms with Crippen molar-refractivity contribution in [3.63, 3.8) is 0 Å². The maximum Gasteiger partial charge on any atom is 0.171 e. The van der Waals surface area contributed by atoms with Crippen LogP contribution in [0.2, 0.25) is 0 Å². The van der Waals surface area contributed by atoms with Crippen LogP contribution in [0.5, 0.6) is 0 Å². The Bertz CT molecular complexity index is 197. The Balaban J connectivity index is 1.90. The number of hydrogen-bond acceptors (Lipinski definition) is 3. The highest BCUT2D eigenvalue weighted by Gasteiger charge is 2.19. The molecule has 3 heteroatoms. The van der Waals surface area contributed by atoms with E-state index >= 15 is 0 Å². The first kappa shape index (κ1) is 8.20. The summed E-state index contributed by atoms with van der Waals surface area (Å²) in [5, 5.41) is 0. The Morgan fingerprint density at radius 3 is 2.75 bits per heavy atom. The van der Waals surface area contributed by atoms with Gasteiger partial charge in [0.1, 0.15) is 0 Å². The van der Waals surface area contributed by atoms with E-state index in [1.807, 2.05) is 17.8 Å². The van der Waals surface area contributed by atoms with Crippen LogP contribution in [-0.2, 0) is 4.74 Å². The second-order valence-corrected chi connectivity index (χ2v) is 4.11. The summed E-state index contributed by atoms with van der Waals surface area (Å²) in [5.41, 5.74) is 0. The molecule has 0 amide bonds. The van der Waals surface area contributed by atoms with E-state index in [4.69, 9.17) is 4.74 Å². The lowest BCUT2D eigenvalue weighted by atomic mass is 10.3. The van der Waals surface area contributed by atoms with Crippen molar-refractivity contribution in [2.24, 2.45) is 0 Å². The summed E-state index contributed by atoms with van der Waals surface area (Å²) in [5.74, 6) is 2.47. The molecule has 1 atom stereocenters. The molecule has 0 saturated carbocycles. The molecule has 2 heterocycles. The number of hydrogen-bond donors (Lipinski definition) is 0. The zero-order valence-electron chi connectivity index (χ0n) is 6.98. The summed E-state index contributed by atoms with van der Waals surface area (Å²) in [7, 11) is 0. The standard InChI is InChI=1S/C9H13NOS/c1-2-6-11-9(3-1)10-4-7-12-8-5-10/h1-3,6,9H,4-5,7-8H2. The van der Waals surface area contributed by atoms with Crippen LogP contribution < -0.4 is 0 Å². The fourth-order valence-corrected chi connectivity index (χ4v) is 2.35. The lowest BCUT2D eigenvalue weighted by Crippen LogP contribution is -2.41. The summed E-state index contributed by atoms with van der Waals surface area (Å²) in [6, 6.07) is 0. The maximum atomic E-state index is 5.47. The van der Waals surface area contributed by atoms with Gasteiger partial charge in [-0.05, 0) is 12.2 Å². The molecule has 2 rings (SSSR count). The van der Waals surface area contributed by atoms with Gasteiger partial charge in [0, 0.05) is 24.6 Å². The third-order valence-corrected chi connectivity index (χ3v) is 3.03. The minimum Gasteiger partial charge on any atom is -0.479 e. The Morgan fingerprint density at radius 1 is 1.25 bits per heavy atom. The molecule has 12 heavy (non-hydrogen) atoms. The van der Waals surface area contributed by atoms with E-state index in [1.165, 1.54) is 11.5 Å². The van der Waals surface area contributed by atoms with Crippen LogP contribution in [0.1, 0.15) is 0 Å². The molecule has 0 bridgehead atoms. The fraction of sp³-hybridized carbons (Fsp3) is 0.556. The SMILES string of the molecule is C1=COC(N2CCSCC2)C=C1. The largest absolute Gasteiger partial charge is 0.479 e. The average molecular weight is 183 g/mol. The van der Waals surface area contributed by atoms with E-state index in [-0.39, 0.29) is 6.23 Å². The van der Waals surface area contributed by atoms with E-state index in [9.17, 15) is 0 Å². The molecular weight excluding hydrogens is 170 g/mol. The van der Waals surface area contributed by atoms with Gasteiger partial charge < -0.3 is 4.74 Å². The van der Waals surface area contributed by atoms with Crippen molar-refractivity contribution in [3.05, 3.63) is 24.5 Å². The lowest BCUT2D eigenvalue weighted by Gasteiger charge is -2.32. The van der Waals surface area contributed by atoms with Gasteiger partial charge in [-0.15, -0.1) is 0 Å². The van der Waals surface area contributed by atoms with Crippen molar-refractivity contribution in [3.8, 4) is 0 Å². The van der Waals surface area contributed by atoms with Gasteiger partial charge >= 0.3 is 0 Å². The highest BCUT2D eigenvalue weighted by atomic mass is 32.2. The van der Waals surface area contributed by atoms with Crippen LogP contribution in [0.25, 0.3) is 0 Å². The highest BCUT2D eigenvalue weighted by molar-refractivity contribution is 7.99. The molecule has 0 spiro atoms. The lowest BCUT2D eigenvalue weighted by molar-refractivity contribution is 0.0324. The zero-order chi connectivity index (χ0) is 8.23. The predicted octanol–water partition coefficient (Wildman–Crippen LogP) is 1.46. The van der Waals surface area contributed by atoms with E-state index in [0.717, 1.165) is 13.1 Å². The van der Waals surface area contributed by atoms with Crippen molar-refractivity contribution in [1.82, 2.24) is 4.90 Å². The monoisotopic (exact) mass is 183 g/mol. The molecule has 1 unspecified atom stereocenters. The van der Waals surface area contributed by atoms with Gasteiger partial charge in [0.25, 0.3) is 0 Å². The van der Waals surface area contributed by atoms with Crippen LogP contribution in [0.3, 0.4) is 0 Å². The molecule has 2 nitrogen and oxygen atoms in total. The number of thioether (sulfide) groups is 1. The summed E-state index contributed by atoms with van der Waals surface area (Å²) in [6.07, 6.45) is 8.05. The van der Waals surface area contributed by atoms with Crippen molar-refractivity contribution in [2.45, 2.75) is 6.23 Å². The number of rotatable bonds is 1. The minimum atomic E-state index is 0.191. The minimum absolute atomic E-state index is 0.191. The third kappa shape index (κ3) is 1.84. The molecule has 0 aromatic heterocycles. The first-order valence-corrected chi connectivity index (χ1v) is 5.43. The van der Waals surface area contributed by atoms with E-state index in [2.05, 4.69) is 17.1 Å². The summed E-state index contributed by atoms with van der Waals surface area (Å²) in [4.78, 5) is 2.37. The molecular formula is C9H13NOS. The van der Waals surface area contributed by atoms with Gasteiger partial charge in [-0.3, -0.25) is 4.90 Å². The van der Waals surface area contributed by atoms with E-state index in [1.54, 1.807) is 6.26 Å². The molecule has 2 aliphatic rings. The van der Waals surface area contributed by atoms with E-state index in [0.29, 0.717) is 0 Å². The second-order valence-electron chi connectivity index (χ2n) is 2.89. The van der Waals surface area contributed by atoms with Crippen molar-refractivity contribution in [2.75, 3.05) is 24.6 Å². The van der Waals surface area contributed by atoms with Gasteiger partial charge in [0.15, 0.2) is 6.23 Å². The van der Waals surface area contributed by atoms with Crippen LogP contribution >= 0.6 is 11.8 Å². The van der Waals surface area contributed by atoms with Gasteiger partial charge in [0.2, 0.25) is 0 Å². The van der Waals surface area contributed by atoms with E-state index < -0.39 is 0 Å². The molecule has 0 aromatic carbocycles. The molecule has 2 aliphatic heterocycles. The van der Waals surface area contributed by atoms with Gasteiger partial charge in [0.05, 0.1) is 6.26 Å². The Kier molecular flexibility index (Phi) is 2.74. The van der Waals surface area contributed by atoms with Gasteiger partial charge in [-0.1, -0.05) is 6.08 Å². The summed E-state index contributed by atoms with van der Waals surface area (Å²) >= 11 is 2.02. The maximum absolute atomic E-state index is 5.47. The van der Waals surface area contributed by atoms with Gasteiger partial charge in [-0.25, -0.2) is 0 Å². The first-order chi connectivity index (χ1) is 5.97. The van der Waals surface area contributed by atoms with Gasteiger partial charge in [-0.2, -0.15) is 11.8 Å². The molecule has 0 N–H and O–H groups in total. The van der Waals surface area contributed by atoms with Crippen molar-refractivity contribution >= 4 is 11.8 Å². The van der Waals surface area contributed by atoms with Crippen LogP contribution in [0.15, 0.2) is 24.5 Å². The molecule has 1 saturated heterocycles.